The summed E-state index contributed by atoms with van der Waals surface area (Å²) in [6, 6.07) is 0.648. The molecule has 0 radical (unpaired) electrons. The second-order valence-electron chi connectivity index (χ2n) is 5.23. The Morgan fingerprint density at radius 2 is 1.84 bits per heavy atom. The lowest BCUT2D eigenvalue weighted by Gasteiger charge is -2.30. The molecule has 1 fully saturated rings. The number of nitrogens with two attached hydrogens (primary N) is 1. The van der Waals surface area contributed by atoms with Crippen LogP contribution in [0.25, 0.3) is 0 Å². The van der Waals surface area contributed by atoms with Gasteiger partial charge in [-0.2, -0.15) is 0 Å². The molecule has 0 heterocycles. The summed E-state index contributed by atoms with van der Waals surface area (Å²) in [5, 5.41) is 0. The first-order valence-electron chi connectivity index (χ1n) is 7.14. The molecule has 5 nitrogen and oxygen atoms in total. The summed E-state index contributed by atoms with van der Waals surface area (Å²) in [6.07, 6.45) is 7.42. The van der Waals surface area contributed by atoms with Gasteiger partial charge in [-0.25, -0.2) is 0 Å². The molecule has 1 aliphatic carbocycles. The summed E-state index contributed by atoms with van der Waals surface area (Å²) in [4.78, 5) is 10.8. The summed E-state index contributed by atoms with van der Waals surface area (Å²) >= 11 is 0. The molecule has 0 spiro atoms. The van der Waals surface area contributed by atoms with Crippen LogP contribution in [0.15, 0.2) is 0 Å². The topological polar surface area (TPSA) is 70.8 Å². The first kappa shape index (κ1) is 16.6. The monoisotopic (exact) mass is 289 g/mol. The van der Waals surface area contributed by atoms with Crippen LogP contribution in [0.2, 0.25) is 6.04 Å². The molecule has 112 valence electrons. The third-order valence-electron chi connectivity index (χ3n) is 3.79. The number of amides is 1. The normalized spacial score (nSPS) is 17.6. The fourth-order valence-electron chi connectivity index (χ4n) is 2.56. The second-order valence-corrected chi connectivity index (χ2v) is 8.20. The van der Waals surface area contributed by atoms with Gasteiger partial charge in [-0.1, -0.05) is 19.3 Å². The molecule has 2 N–H and O–H groups in total. The van der Waals surface area contributed by atoms with E-state index in [-0.39, 0.29) is 5.91 Å². The van der Waals surface area contributed by atoms with Crippen molar-refractivity contribution in [2.45, 2.75) is 51.0 Å². The van der Waals surface area contributed by atoms with Crippen LogP contribution in [0.4, 0.5) is 0 Å². The van der Waals surface area contributed by atoms with Gasteiger partial charge in [0.15, 0.2) is 0 Å². The molecule has 1 saturated carbocycles. The van der Waals surface area contributed by atoms with Crippen LogP contribution in [-0.4, -0.2) is 35.5 Å². The van der Waals surface area contributed by atoms with E-state index in [1.54, 1.807) is 14.2 Å². The molecule has 0 aliphatic heterocycles. The molecule has 1 amide bonds. The predicted octanol–water partition coefficient (Wildman–Crippen LogP) is 2.08. The van der Waals surface area contributed by atoms with Gasteiger partial charge in [0, 0.05) is 33.3 Å². The lowest BCUT2D eigenvalue weighted by Crippen LogP contribution is -2.45. The van der Waals surface area contributed by atoms with Gasteiger partial charge in [0.1, 0.15) is 0 Å². The van der Waals surface area contributed by atoms with E-state index >= 15 is 0 Å². The Balaban J connectivity index is 2.38. The number of rotatable bonds is 9. The summed E-state index contributed by atoms with van der Waals surface area (Å²) in [6.45, 7) is 0.713. The van der Waals surface area contributed by atoms with Gasteiger partial charge in [-0.15, -0.1) is 0 Å². The fraction of sp³-hybridized carbons (Fsp3) is 0.923. The first-order chi connectivity index (χ1) is 9.12. The molecule has 1 aliphatic rings. The van der Waals surface area contributed by atoms with Crippen LogP contribution in [0.5, 0.6) is 0 Å². The minimum atomic E-state index is -2.60. The molecular weight excluding hydrogens is 262 g/mol. The van der Waals surface area contributed by atoms with Gasteiger partial charge in [-0.3, -0.25) is 4.79 Å². The number of carbonyl (C=O) groups is 1. The molecule has 0 unspecified atom stereocenters. The van der Waals surface area contributed by atoms with E-state index in [1.807, 2.05) is 0 Å². The third-order valence-corrected chi connectivity index (χ3v) is 6.61. The molecule has 0 aromatic rings. The zero-order chi connectivity index (χ0) is 14.1. The maximum atomic E-state index is 10.8. The molecule has 0 saturated heterocycles. The smallest absolute Gasteiger partial charge is 0.377 e. The SMILES string of the molecule is CO[Si](CCCC(N)=O)(OC)OCC1CCCCC1. The quantitative estimate of drug-likeness (QED) is 0.660. The lowest BCUT2D eigenvalue weighted by molar-refractivity contribution is -0.118. The van der Waals surface area contributed by atoms with Gasteiger partial charge in [0.05, 0.1) is 0 Å². The second kappa shape index (κ2) is 8.68. The van der Waals surface area contributed by atoms with Gasteiger partial charge >= 0.3 is 8.80 Å². The van der Waals surface area contributed by atoms with Crippen molar-refractivity contribution in [3.8, 4) is 0 Å². The van der Waals surface area contributed by atoms with Crippen molar-refractivity contribution < 1.29 is 18.1 Å². The summed E-state index contributed by atoms with van der Waals surface area (Å²) in [5.74, 6) is 0.337. The Morgan fingerprint density at radius 1 is 1.21 bits per heavy atom. The zero-order valence-corrected chi connectivity index (χ0v) is 13.2. The van der Waals surface area contributed by atoms with Gasteiger partial charge in [-0.05, 0) is 25.2 Å². The van der Waals surface area contributed by atoms with E-state index in [2.05, 4.69) is 0 Å². The Hall–Kier alpha value is -0.433. The van der Waals surface area contributed by atoms with Crippen molar-refractivity contribution in [3.63, 3.8) is 0 Å². The molecule has 0 atom stereocenters. The fourth-order valence-corrected chi connectivity index (χ4v) is 4.61. The molecule has 0 aromatic carbocycles. The van der Waals surface area contributed by atoms with Crippen LogP contribution in [-0.2, 0) is 18.1 Å². The van der Waals surface area contributed by atoms with E-state index in [0.717, 1.165) is 0 Å². The van der Waals surface area contributed by atoms with Crippen LogP contribution in [0.3, 0.4) is 0 Å². The first-order valence-corrected chi connectivity index (χ1v) is 9.07. The minimum Gasteiger partial charge on any atom is -0.377 e. The van der Waals surface area contributed by atoms with Gasteiger partial charge in [0.25, 0.3) is 0 Å². The molecule has 6 heteroatoms. The number of hydrogen-bond acceptors (Lipinski definition) is 4. The van der Waals surface area contributed by atoms with Crippen molar-refractivity contribution in [1.29, 1.82) is 0 Å². The highest BCUT2D eigenvalue weighted by atomic mass is 28.4. The number of hydrogen-bond donors (Lipinski definition) is 1. The average Bonchev–Trinajstić information content (AvgIpc) is 2.44. The largest absolute Gasteiger partial charge is 0.500 e. The van der Waals surface area contributed by atoms with Crippen LogP contribution >= 0.6 is 0 Å². The van der Waals surface area contributed by atoms with Crippen molar-refractivity contribution in [2.75, 3.05) is 20.8 Å². The predicted molar refractivity (Wildman–Crippen MR) is 75.5 cm³/mol. The molecule has 0 bridgehead atoms. The number of carbonyl (C=O) groups excluding carboxylic acids is 1. The maximum absolute atomic E-state index is 10.8. The van der Waals surface area contributed by atoms with E-state index < -0.39 is 8.80 Å². The minimum absolute atomic E-state index is 0.289. The Morgan fingerprint density at radius 3 is 2.37 bits per heavy atom. The van der Waals surface area contributed by atoms with E-state index in [0.29, 0.717) is 31.4 Å². The Kier molecular flexibility index (Phi) is 7.59. The standard InChI is InChI=1S/C13H27NO4Si/c1-16-19(17-2,10-6-9-13(14)15)18-11-12-7-4-3-5-8-12/h12H,3-11H2,1-2H3,(H2,14,15). The van der Waals surface area contributed by atoms with Crippen molar-refractivity contribution in [1.82, 2.24) is 0 Å². The van der Waals surface area contributed by atoms with Crippen LogP contribution in [0, 0.1) is 5.92 Å². The molecule has 19 heavy (non-hydrogen) atoms. The van der Waals surface area contributed by atoms with E-state index in [9.17, 15) is 4.79 Å². The molecule has 1 rings (SSSR count). The third kappa shape index (κ3) is 6.03. The summed E-state index contributed by atoms with van der Waals surface area (Å²) < 4.78 is 17.0. The van der Waals surface area contributed by atoms with E-state index in [4.69, 9.17) is 19.0 Å². The highest BCUT2D eigenvalue weighted by Gasteiger charge is 2.39. The lowest BCUT2D eigenvalue weighted by atomic mass is 9.90. The summed E-state index contributed by atoms with van der Waals surface area (Å²) in [5.41, 5.74) is 5.15. The maximum Gasteiger partial charge on any atom is 0.500 e. The van der Waals surface area contributed by atoms with E-state index in [1.165, 1.54) is 32.1 Å². The van der Waals surface area contributed by atoms with Gasteiger partial charge < -0.3 is 19.0 Å². The van der Waals surface area contributed by atoms with Crippen molar-refractivity contribution in [2.24, 2.45) is 11.7 Å². The van der Waals surface area contributed by atoms with Crippen molar-refractivity contribution in [3.05, 3.63) is 0 Å². The van der Waals surface area contributed by atoms with Gasteiger partial charge in [0.2, 0.25) is 5.91 Å². The number of primary amides is 1. The zero-order valence-electron chi connectivity index (χ0n) is 12.2. The highest BCUT2D eigenvalue weighted by Crippen LogP contribution is 2.26. The van der Waals surface area contributed by atoms with Crippen LogP contribution < -0.4 is 5.73 Å². The van der Waals surface area contributed by atoms with Crippen LogP contribution in [0.1, 0.15) is 44.9 Å². The molecule has 0 aromatic heterocycles. The average molecular weight is 289 g/mol. The van der Waals surface area contributed by atoms with Crippen molar-refractivity contribution >= 4 is 14.7 Å². The Bertz CT molecular complexity index is 265. The summed E-state index contributed by atoms with van der Waals surface area (Å²) in [7, 11) is 0.650. The highest BCUT2D eigenvalue weighted by molar-refractivity contribution is 6.60. The molecular formula is C13H27NO4Si. The Labute approximate surface area is 117 Å².